The molecule has 160 valence electrons. The van der Waals surface area contributed by atoms with Gasteiger partial charge in [0.25, 0.3) is 5.91 Å². The van der Waals surface area contributed by atoms with E-state index in [2.05, 4.69) is 0 Å². The molecular formula is C19H21N2O8S+. The lowest BCUT2D eigenvalue weighted by molar-refractivity contribution is -0.856. The maximum atomic E-state index is 12.2. The van der Waals surface area contributed by atoms with Gasteiger partial charge in [-0.1, -0.05) is 12.1 Å². The lowest BCUT2D eigenvalue weighted by atomic mass is 10.2. The molecule has 1 heterocycles. The molecule has 30 heavy (non-hydrogen) atoms. The zero-order valence-electron chi connectivity index (χ0n) is 16.6. The highest BCUT2D eigenvalue weighted by atomic mass is 32.2. The van der Waals surface area contributed by atoms with Crippen LogP contribution in [-0.4, -0.2) is 57.6 Å². The van der Waals surface area contributed by atoms with Crippen LogP contribution in [0.2, 0.25) is 0 Å². The average Bonchev–Trinajstić information content (AvgIpc) is 2.66. The Morgan fingerprint density at radius 2 is 1.77 bits per heavy atom. The number of carbonyl (C=O) groups excluding carboxylic acids is 3. The summed E-state index contributed by atoms with van der Waals surface area (Å²) in [4.78, 5) is 36.6. The molecule has 0 spiro atoms. The largest absolute Gasteiger partial charge is 0.461 e. The van der Waals surface area contributed by atoms with Crippen LogP contribution < -0.4 is 13.8 Å². The van der Waals surface area contributed by atoms with E-state index in [1.807, 2.05) is 0 Å². The first-order chi connectivity index (χ1) is 14.1. The minimum absolute atomic E-state index is 0.00652. The van der Waals surface area contributed by atoms with E-state index in [0.717, 1.165) is 4.73 Å². The van der Waals surface area contributed by atoms with E-state index >= 15 is 0 Å². The summed E-state index contributed by atoms with van der Waals surface area (Å²) in [6.45, 7) is 0.692. The maximum Gasteiger partial charge on any atom is 0.370 e. The van der Waals surface area contributed by atoms with Crippen molar-refractivity contribution in [1.29, 1.82) is 0 Å². The van der Waals surface area contributed by atoms with Gasteiger partial charge in [-0.3, -0.25) is 9.59 Å². The molecule has 1 aromatic carbocycles. The molecule has 0 aliphatic heterocycles. The Hall–Kier alpha value is -3.47. The molecule has 0 unspecified atom stereocenters. The van der Waals surface area contributed by atoms with E-state index < -0.39 is 34.4 Å². The normalized spacial score (nSPS) is 10.8. The van der Waals surface area contributed by atoms with Crippen molar-refractivity contribution in [3.63, 3.8) is 0 Å². The molecule has 1 aromatic heterocycles. The summed E-state index contributed by atoms with van der Waals surface area (Å²) in [5.74, 6) is -2.42. The minimum atomic E-state index is -4.13. The third kappa shape index (κ3) is 6.55. The molecule has 0 fully saturated rings. The van der Waals surface area contributed by atoms with Gasteiger partial charge >= 0.3 is 22.1 Å². The van der Waals surface area contributed by atoms with Gasteiger partial charge in [0, 0.05) is 31.8 Å². The van der Waals surface area contributed by atoms with Crippen LogP contribution in [0.5, 0.6) is 5.75 Å². The Balaban J connectivity index is 1.98. The molecule has 0 saturated heterocycles. The molecule has 2 aromatic rings. The molecule has 0 bridgehead atoms. The number of esters is 2. The number of aromatic nitrogens is 1. The standard InChI is InChI=1S/C19H21N2O8S/c1-14(22)28-17-9-5-4-8-16(17)19(24)27-11-12-30(25,26)29-21-10-6-7-15(13-21)18(23)20(2)3/h4-10,13H,11-12H2,1-3H3/q+1. The van der Waals surface area contributed by atoms with Crippen LogP contribution in [0, 0.1) is 0 Å². The molecule has 0 radical (unpaired) electrons. The van der Waals surface area contributed by atoms with Crippen LogP contribution in [0.1, 0.15) is 27.6 Å². The monoisotopic (exact) mass is 437 g/mol. The third-order valence-electron chi connectivity index (χ3n) is 3.56. The summed E-state index contributed by atoms with van der Waals surface area (Å²) in [6.07, 6.45) is 2.53. The predicted octanol–water partition coefficient (Wildman–Crippen LogP) is 0.217. The van der Waals surface area contributed by atoms with Gasteiger partial charge in [-0.05, 0) is 18.2 Å². The van der Waals surface area contributed by atoms with E-state index in [4.69, 9.17) is 13.8 Å². The van der Waals surface area contributed by atoms with Crippen molar-refractivity contribution in [2.45, 2.75) is 6.92 Å². The molecule has 0 aliphatic rings. The van der Waals surface area contributed by atoms with Crippen LogP contribution in [0.25, 0.3) is 0 Å². The van der Waals surface area contributed by atoms with E-state index in [-0.39, 0.29) is 22.8 Å². The molecule has 1 amide bonds. The number of benzene rings is 1. The smallest absolute Gasteiger partial charge is 0.370 e. The Morgan fingerprint density at radius 1 is 1.07 bits per heavy atom. The van der Waals surface area contributed by atoms with Crippen molar-refractivity contribution in [1.82, 2.24) is 4.90 Å². The fraction of sp³-hybridized carbons (Fsp3) is 0.263. The molecular weight excluding hydrogens is 416 g/mol. The van der Waals surface area contributed by atoms with Gasteiger partial charge in [0.05, 0.1) is 0 Å². The average molecular weight is 437 g/mol. The zero-order valence-corrected chi connectivity index (χ0v) is 17.4. The fourth-order valence-electron chi connectivity index (χ4n) is 2.25. The molecule has 0 atom stereocenters. The lowest BCUT2D eigenvalue weighted by Gasteiger charge is -2.09. The van der Waals surface area contributed by atoms with Crippen molar-refractivity contribution < 1.29 is 41.3 Å². The number of pyridine rings is 1. The number of hydrogen-bond acceptors (Lipinski definition) is 8. The molecule has 11 heteroatoms. The Kier molecular flexibility index (Phi) is 7.48. The van der Waals surface area contributed by atoms with Crippen LogP contribution in [0.15, 0.2) is 48.8 Å². The second kappa shape index (κ2) is 9.83. The van der Waals surface area contributed by atoms with E-state index in [9.17, 15) is 22.8 Å². The van der Waals surface area contributed by atoms with Crippen molar-refractivity contribution in [3.05, 3.63) is 59.9 Å². The topological polar surface area (TPSA) is 120 Å². The number of ether oxygens (including phenoxy) is 2. The molecule has 0 aliphatic carbocycles. The minimum Gasteiger partial charge on any atom is -0.461 e. The summed E-state index contributed by atoms with van der Waals surface area (Å²) < 4.78 is 39.9. The second-order valence-electron chi connectivity index (χ2n) is 6.21. The van der Waals surface area contributed by atoms with Gasteiger partial charge in [-0.25, -0.2) is 4.79 Å². The quantitative estimate of drug-likeness (QED) is 0.327. The Morgan fingerprint density at radius 3 is 2.43 bits per heavy atom. The highest BCUT2D eigenvalue weighted by Crippen LogP contribution is 2.19. The van der Waals surface area contributed by atoms with E-state index in [1.54, 1.807) is 26.2 Å². The summed E-state index contributed by atoms with van der Waals surface area (Å²) in [5, 5.41) is 0. The highest BCUT2D eigenvalue weighted by molar-refractivity contribution is 7.86. The first-order valence-corrected chi connectivity index (χ1v) is 10.3. The SMILES string of the molecule is CC(=O)Oc1ccccc1C(=O)OCCS(=O)(=O)O[n+]1cccc(C(=O)N(C)C)c1. The Labute approximate surface area is 173 Å². The number of nitrogens with zero attached hydrogens (tertiary/aromatic N) is 2. The van der Waals surface area contributed by atoms with E-state index in [1.165, 1.54) is 48.5 Å². The number of hydrogen-bond donors (Lipinski definition) is 0. The summed E-state index contributed by atoms with van der Waals surface area (Å²) >= 11 is 0. The number of rotatable bonds is 8. The molecule has 2 rings (SSSR count). The Bertz CT molecular complexity index is 1050. The summed E-state index contributed by atoms with van der Waals surface area (Å²) in [6, 6.07) is 8.88. The van der Waals surface area contributed by atoms with Crippen LogP contribution in [0.4, 0.5) is 0 Å². The number of amides is 1. The van der Waals surface area contributed by atoms with Gasteiger partial charge in [-0.2, -0.15) is 8.42 Å². The van der Waals surface area contributed by atoms with Crippen molar-refractivity contribution in [2.24, 2.45) is 0 Å². The first kappa shape index (κ1) is 22.8. The molecule has 0 N–H and O–H groups in total. The van der Waals surface area contributed by atoms with Crippen LogP contribution in [0.3, 0.4) is 0 Å². The maximum absolute atomic E-state index is 12.2. The summed E-state index contributed by atoms with van der Waals surface area (Å²) in [5.41, 5.74) is 0.210. The molecule has 10 nitrogen and oxygen atoms in total. The van der Waals surface area contributed by atoms with Gasteiger partial charge < -0.3 is 14.4 Å². The van der Waals surface area contributed by atoms with Gasteiger partial charge in [-0.15, -0.1) is 4.28 Å². The lowest BCUT2D eigenvalue weighted by Crippen LogP contribution is -2.47. The summed E-state index contributed by atoms with van der Waals surface area (Å²) in [7, 11) is -1.01. The first-order valence-electron chi connectivity index (χ1n) is 8.69. The number of carbonyl (C=O) groups is 3. The highest BCUT2D eigenvalue weighted by Gasteiger charge is 2.22. The second-order valence-corrected chi connectivity index (χ2v) is 7.89. The zero-order chi connectivity index (χ0) is 22.3. The molecule has 0 saturated carbocycles. The van der Waals surface area contributed by atoms with Gasteiger partial charge in [0.2, 0.25) is 12.4 Å². The van der Waals surface area contributed by atoms with Crippen LogP contribution >= 0.6 is 0 Å². The van der Waals surface area contributed by atoms with Crippen molar-refractivity contribution >= 4 is 28.0 Å². The van der Waals surface area contributed by atoms with Gasteiger partial charge in [0.1, 0.15) is 29.2 Å². The van der Waals surface area contributed by atoms with Crippen molar-refractivity contribution in [3.8, 4) is 5.75 Å². The van der Waals surface area contributed by atoms with E-state index in [0.29, 0.717) is 0 Å². The predicted molar refractivity (Wildman–Crippen MR) is 103 cm³/mol. The number of para-hydroxylation sites is 1. The third-order valence-corrected chi connectivity index (χ3v) is 4.62. The van der Waals surface area contributed by atoms with Crippen LogP contribution in [-0.2, 0) is 19.6 Å². The van der Waals surface area contributed by atoms with Gasteiger partial charge in [0.15, 0.2) is 0 Å². The van der Waals surface area contributed by atoms with Crippen molar-refractivity contribution in [2.75, 3.05) is 26.5 Å². The fourth-order valence-corrected chi connectivity index (χ4v) is 2.96.